The quantitative estimate of drug-likeness (QED) is 0.783. The molecule has 1 aromatic carbocycles. The number of nitrogens with one attached hydrogen (secondary N) is 1. The zero-order chi connectivity index (χ0) is 16.9. The number of nitrogens with zero attached hydrogens (tertiary/aromatic N) is 3. The predicted molar refractivity (Wildman–Crippen MR) is 96.3 cm³/mol. The number of aryl methyl sites for hydroxylation is 1. The average Bonchev–Trinajstić information content (AvgIpc) is 3.34. The van der Waals surface area contributed by atoms with Crippen molar-refractivity contribution in [2.45, 2.75) is 37.6 Å². The zero-order valence-electron chi connectivity index (χ0n) is 14.2. The van der Waals surface area contributed by atoms with Crippen molar-refractivity contribution in [3.63, 3.8) is 0 Å². The number of likely N-dealkylation sites (tertiary alicyclic amines) is 1. The summed E-state index contributed by atoms with van der Waals surface area (Å²) in [6.07, 6.45) is 8.40. The summed E-state index contributed by atoms with van der Waals surface area (Å²) in [6.45, 7) is 2.10. The lowest BCUT2D eigenvalue weighted by molar-refractivity contribution is -0.134. The molecule has 0 saturated carbocycles. The van der Waals surface area contributed by atoms with E-state index in [-0.39, 0.29) is 11.3 Å². The molecule has 25 heavy (non-hydrogen) atoms. The number of carbonyl (C=O) groups excluding carboxylic acids is 1. The monoisotopic (exact) mass is 334 g/mol. The number of fused-ring (bicyclic) bond motifs is 3. The molecular formula is C20H22N4O. The van der Waals surface area contributed by atoms with Crippen LogP contribution in [0.15, 0.2) is 42.7 Å². The standard InChI is InChI=1S/C20H22N4O/c25-18(13-23-11-7-15-4-1-2-5-17(15)23)24-10-3-8-20(14-24)9-6-16-12-21-22-19(16)20/h1-2,4-5,7,11-12H,3,6,8-10,13-14H2,(H,21,22). The Hall–Kier alpha value is -2.56. The van der Waals surface area contributed by atoms with Gasteiger partial charge >= 0.3 is 0 Å². The van der Waals surface area contributed by atoms with Gasteiger partial charge in [0, 0.05) is 35.9 Å². The highest BCUT2D eigenvalue weighted by molar-refractivity contribution is 5.83. The molecule has 3 aromatic rings. The van der Waals surface area contributed by atoms with Crippen LogP contribution in [0.2, 0.25) is 0 Å². The molecule has 1 saturated heterocycles. The molecule has 5 heteroatoms. The number of amides is 1. The van der Waals surface area contributed by atoms with Crippen LogP contribution in [-0.2, 0) is 23.2 Å². The van der Waals surface area contributed by atoms with E-state index in [2.05, 4.69) is 37.9 Å². The molecule has 2 aromatic heterocycles. The van der Waals surface area contributed by atoms with Gasteiger partial charge < -0.3 is 9.47 Å². The number of hydrogen-bond donors (Lipinski definition) is 1. The van der Waals surface area contributed by atoms with E-state index in [0.29, 0.717) is 6.54 Å². The van der Waals surface area contributed by atoms with E-state index in [1.54, 1.807) is 0 Å². The molecule has 1 amide bonds. The van der Waals surface area contributed by atoms with E-state index in [1.807, 2.05) is 24.5 Å². The summed E-state index contributed by atoms with van der Waals surface area (Å²) in [7, 11) is 0. The average molecular weight is 334 g/mol. The van der Waals surface area contributed by atoms with Gasteiger partial charge in [-0.2, -0.15) is 5.10 Å². The zero-order valence-corrected chi connectivity index (χ0v) is 14.2. The fraction of sp³-hybridized carbons (Fsp3) is 0.400. The molecular weight excluding hydrogens is 312 g/mol. The number of carbonyl (C=O) groups is 1. The summed E-state index contributed by atoms with van der Waals surface area (Å²) in [4.78, 5) is 15.0. The lowest BCUT2D eigenvalue weighted by atomic mass is 9.77. The smallest absolute Gasteiger partial charge is 0.242 e. The van der Waals surface area contributed by atoms with Gasteiger partial charge in [0.15, 0.2) is 0 Å². The van der Waals surface area contributed by atoms with Gasteiger partial charge in [-0.25, -0.2) is 0 Å². The summed E-state index contributed by atoms with van der Waals surface area (Å²) < 4.78 is 2.06. The summed E-state index contributed by atoms with van der Waals surface area (Å²) in [5.41, 5.74) is 3.83. The molecule has 1 unspecified atom stereocenters. The number of hydrogen-bond acceptors (Lipinski definition) is 2. The Balaban J connectivity index is 1.37. The van der Waals surface area contributed by atoms with Crippen molar-refractivity contribution >= 4 is 16.8 Å². The first kappa shape index (κ1) is 14.8. The van der Waals surface area contributed by atoms with E-state index in [4.69, 9.17) is 0 Å². The maximum Gasteiger partial charge on any atom is 0.242 e. The van der Waals surface area contributed by atoms with Crippen LogP contribution in [0.5, 0.6) is 0 Å². The molecule has 128 valence electrons. The Morgan fingerprint density at radius 2 is 2.16 bits per heavy atom. The SMILES string of the molecule is O=C(Cn1ccc2ccccc21)N1CCCC2(CCc3cn[nH]c32)C1. The van der Waals surface area contributed by atoms with Crippen molar-refractivity contribution in [3.8, 4) is 0 Å². The van der Waals surface area contributed by atoms with E-state index in [0.717, 1.165) is 44.3 Å². The van der Waals surface area contributed by atoms with Crippen LogP contribution in [-0.4, -0.2) is 38.7 Å². The van der Waals surface area contributed by atoms with Crippen LogP contribution >= 0.6 is 0 Å². The van der Waals surface area contributed by atoms with E-state index in [9.17, 15) is 4.79 Å². The Morgan fingerprint density at radius 1 is 1.24 bits per heavy atom. The van der Waals surface area contributed by atoms with Crippen LogP contribution in [0, 0.1) is 0 Å². The number of H-pyrrole nitrogens is 1. The maximum absolute atomic E-state index is 13.0. The summed E-state index contributed by atoms with van der Waals surface area (Å²) in [5.74, 6) is 0.216. The van der Waals surface area contributed by atoms with Gasteiger partial charge in [-0.3, -0.25) is 9.89 Å². The molecule has 3 heterocycles. The minimum atomic E-state index is 0.0957. The molecule has 1 N–H and O–H groups in total. The normalized spacial score (nSPS) is 22.6. The van der Waals surface area contributed by atoms with Gasteiger partial charge in [0.05, 0.1) is 6.20 Å². The number of para-hydroxylation sites is 1. The molecule has 0 radical (unpaired) electrons. The Morgan fingerprint density at radius 3 is 3.12 bits per heavy atom. The highest BCUT2D eigenvalue weighted by Gasteiger charge is 2.44. The molecule has 5 nitrogen and oxygen atoms in total. The predicted octanol–water partition coefficient (Wildman–Crippen LogP) is 2.87. The fourth-order valence-electron chi connectivity index (χ4n) is 4.74. The molecule has 0 bridgehead atoms. The van der Waals surface area contributed by atoms with Crippen LogP contribution < -0.4 is 0 Å². The van der Waals surface area contributed by atoms with Crippen molar-refractivity contribution in [1.82, 2.24) is 19.7 Å². The highest BCUT2D eigenvalue weighted by Crippen LogP contribution is 2.43. The molecule has 5 rings (SSSR count). The van der Waals surface area contributed by atoms with Gasteiger partial charge in [0.2, 0.25) is 5.91 Å². The van der Waals surface area contributed by atoms with Gasteiger partial charge in [0.1, 0.15) is 6.54 Å². The molecule has 1 atom stereocenters. The summed E-state index contributed by atoms with van der Waals surface area (Å²) in [6, 6.07) is 10.3. The van der Waals surface area contributed by atoms with E-state index >= 15 is 0 Å². The number of rotatable bonds is 2. The molecule has 1 aliphatic carbocycles. The van der Waals surface area contributed by atoms with Crippen LogP contribution in [0.4, 0.5) is 0 Å². The van der Waals surface area contributed by atoms with Crippen molar-refractivity contribution < 1.29 is 4.79 Å². The van der Waals surface area contributed by atoms with Gasteiger partial charge in [0.25, 0.3) is 0 Å². The minimum absolute atomic E-state index is 0.0957. The lowest BCUT2D eigenvalue weighted by Crippen LogP contribution is -2.48. The Labute approximate surface area is 146 Å². The highest BCUT2D eigenvalue weighted by atomic mass is 16.2. The Bertz CT molecular complexity index is 940. The topological polar surface area (TPSA) is 53.9 Å². The maximum atomic E-state index is 13.0. The first-order chi connectivity index (χ1) is 12.3. The second kappa shape index (κ2) is 5.48. The summed E-state index contributed by atoms with van der Waals surface area (Å²) in [5, 5.41) is 8.62. The summed E-state index contributed by atoms with van der Waals surface area (Å²) >= 11 is 0. The second-order valence-electron chi connectivity index (χ2n) is 7.47. The number of benzene rings is 1. The minimum Gasteiger partial charge on any atom is -0.340 e. The lowest BCUT2D eigenvalue weighted by Gasteiger charge is -2.40. The first-order valence-electron chi connectivity index (χ1n) is 9.10. The molecule has 1 spiro atoms. The van der Waals surface area contributed by atoms with Crippen molar-refractivity contribution in [2.75, 3.05) is 13.1 Å². The van der Waals surface area contributed by atoms with E-state index in [1.165, 1.54) is 16.6 Å². The number of piperidine rings is 1. The largest absolute Gasteiger partial charge is 0.340 e. The second-order valence-corrected chi connectivity index (χ2v) is 7.47. The third-order valence-electron chi connectivity index (χ3n) is 6.04. The van der Waals surface area contributed by atoms with Gasteiger partial charge in [-0.15, -0.1) is 0 Å². The van der Waals surface area contributed by atoms with Gasteiger partial charge in [-0.1, -0.05) is 18.2 Å². The molecule has 2 aliphatic rings. The van der Waals surface area contributed by atoms with Crippen molar-refractivity contribution in [3.05, 3.63) is 54.0 Å². The third kappa shape index (κ3) is 2.29. The number of aromatic nitrogens is 3. The fourth-order valence-corrected chi connectivity index (χ4v) is 4.74. The molecule has 1 aliphatic heterocycles. The van der Waals surface area contributed by atoms with Crippen molar-refractivity contribution in [2.24, 2.45) is 0 Å². The van der Waals surface area contributed by atoms with Crippen LogP contribution in [0.3, 0.4) is 0 Å². The van der Waals surface area contributed by atoms with Crippen molar-refractivity contribution in [1.29, 1.82) is 0 Å². The van der Waals surface area contributed by atoms with E-state index < -0.39 is 0 Å². The first-order valence-corrected chi connectivity index (χ1v) is 9.10. The van der Waals surface area contributed by atoms with Crippen LogP contribution in [0.25, 0.3) is 10.9 Å². The van der Waals surface area contributed by atoms with Gasteiger partial charge in [-0.05, 0) is 48.8 Å². The third-order valence-corrected chi connectivity index (χ3v) is 6.04. The number of aromatic amines is 1. The molecule has 1 fully saturated rings. The van der Waals surface area contributed by atoms with Crippen LogP contribution in [0.1, 0.15) is 30.5 Å². The Kier molecular flexibility index (Phi) is 3.23.